The fourth-order valence-electron chi connectivity index (χ4n) is 6.43. The van der Waals surface area contributed by atoms with Crippen molar-refractivity contribution in [3.8, 4) is 0 Å². The van der Waals surface area contributed by atoms with Crippen molar-refractivity contribution >= 4 is 35.9 Å². The largest absolute Gasteiger partial charge is 0.461 e. The van der Waals surface area contributed by atoms with E-state index in [-0.39, 0.29) is 29.7 Å². The van der Waals surface area contributed by atoms with E-state index in [0.717, 1.165) is 12.5 Å². The van der Waals surface area contributed by atoms with Gasteiger partial charge in [-0.25, -0.2) is 4.79 Å². The van der Waals surface area contributed by atoms with Gasteiger partial charge in [-0.3, -0.25) is 19.2 Å². The lowest BCUT2D eigenvalue weighted by atomic mass is 9.60. The topological polar surface area (TPSA) is 172 Å². The van der Waals surface area contributed by atoms with Crippen molar-refractivity contribution in [2.75, 3.05) is 6.61 Å². The van der Waals surface area contributed by atoms with Crippen molar-refractivity contribution in [3.05, 3.63) is 76.1 Å². The van der Waals surface area contributed by atoms with E-state index in [1.54, 1.807) is 51.1 Å². The molecule has 12 heteroatoms. The van der Waals surface area contributed by atoms with Crippen LogP contribution in [0.1, 0.15) is 73.8 Å². The van der Waals surface area contributed by atoms with Crippen LogP contribution in [-0.2, 0) is 47.7 Å². The summed E-state index contributed by atoms with van der Waals surface area (Å²) in [6, 6.07) is 9.00. The Bertz CT molecular complexity index is 1550. The van der Waals surface area contributed by atoms with Gasteiger partial charge in [-0.15, -0.1) is 0 Å². The molecular weight excluding hydrogens is 636 g/mol. The Morgan fingerprint density at radius 2 is 1.45 bits per heavy atom. The van der Waals surface area contributed by atoms with Gasteiger partial charge in [0, 0.05) is 51.7 Å². The summed E-state index contributed by atoms with van der Waals surface area (Å²) in [6.07, 6.45) is -2.36. The summed E-state index contributed by atoms with van der Waals surface area (Å²) >= 11 is 0. The maximum absolute atomic E-state index is 13.2. The second-order valence-corrected chi connectivity index (χ2v) is 12.8. The average molecular weight is 683 g/mol. The second-order valence-electron chi connectivity index (χ2n) is 12.8. The minimum atomic E-state index is -1.48. The molecule has 2 aliphatic carbocycles. The number of hydrogen-bond acceptors (Lipinski definition) is 12. The molecule has 0 amide bonds. The quantitative estimate of drug-likeness (QED) is 0.173. The Balaban J connectivity index is 2.32. The molecule has 0 heterocycles. The van der Waals surface area contributed by atoms with Crippen LogP contribution in [0.25, 0.3) is 6.08 Å². The third-order valence-corrected chi connectivity index (χ3v) is 8.79. The number of rotatable bonds is 8. The Kier molecular flexibility index (Phi) is 13.3. The number of hydrogen-bond donors (Lipinski definition) is 2. The highest BCUT2D eigenvalue weighted by Crippen LogP contribution is 2.51. The number of esters is 5. The molecule has 0 aliphatic heterocycles. The lowest BCUT2D eigenvalue weighted by molar-refractivity contribution is -0.152. The SMILES string of the molecule is CC(=O)OC/C1=C\[C@H](O)[C@H]2C[C@H](OC(C)=O)C(C)=C([C@@H](OC(C)=O)/C(OC(C)=O)=C(\C)[C@@H](O)C[C@@H]1OC(=O)/C=C/c1ccccc1)C2(C)C. The first-order valence-electron chi connectivity index (χ1n) is 16.0. The molecule has 0 spiro atoms. The average Bonchev–Trinajstić information content (AvgIpc) is 3.00. The van der Waals surface area contributed by atoms with Gasteiger partial charge in [-0.2, -0.15) is 0 Å². The molecule has 0 fully saturated rings. The normalized spacial score (nSPS) is 28.2. The third kappa shape index (κ3) is 10.2. The van der Waals surface area contributed by atoms with Gasteiger partial charge in [0.05, 0.1) is 12.2 Å². The molecule has 1 aromatic carbocycles. The van der Waals surface area contributed by atoms with E-state index in [0.29, 0.717) is 11.1 Å². The van der Waals surface area contributed by atoms with E-state index in [1.165, 1.54) is 39.8 Å². The minimum absolute atomic E-state index is 0.0811. The molecule has 2 aliphatic rings. The Labute approximate surface area is 286 Å². The van der Waals surface area contributed by atoms with Crippen molar-refractivity contribution in [1.82, 2.24) is 0 Å². The van der Waals surface area contributed by atoms with Gasteiger partial charge in [-0.1, -0.05) is 44.2 Å². The predicted octanol–water partition coefficient (Wildman–Crippen LogP) is 4.29. The summed E-state index contributed by atoms with van der Waals surface area (Å²) in [5.41, 5.74) is 0.861. The smallest absolute Gasteiger partial charge is 0.331 e. The highest BCUT2D eigenvalue weighted by atomic mass is 16.6. The molecule has 1 aromatic rings. The summed E-state index contributed by atoms with van der Waals surface area (Å²) in [5.74, 6) is -4.44. The molecule has 6 atom stereocenters. The lowest BCUT2D eigenvalue weighted by Gasteiger charge is -2.48. The minimum Gasteiger partial charge on any atom is -0.461 e. The highest BCUT2D eigenvalue weighted by Gasteiger charge is 2.50. The van der Waals surface area contributed by atoms with Crippen LogP contribution in [-0.4, -0.2) is 77.2 Å². The van der Waals surface area contributed by atoms with E-state index >= 15 is 0 Å². The Morgan fingerprint density at radius 1 is 0.816 bits per heavy atom. The molecule has 49 heavy (non-hydrogen) atoms. The molecule has 2 N–H and O–H groups in total. The molecular formula is C37H46O12. The molecule has 0 aromatic heterocycles. The predicted molar refractivity (Wildman–Crippen MR) is 177 cm³/mol. The summed E-state index contributed by atoms with van der Waals surface area (Å²) in [7, 11) is 0. The number of carbonyl (C=O) groups excluding carboxylic acids is 5. The fraction of sp³-hybridized carbons (Fsp3) is 0.486. The highest BCUT2D eigenvalue weighted by molar-refractivity contribution is 5.87. The first-order valence-corrected chi connectivity index (χ1v) is 16.0. The molecule has 12 nitrogen and oxygen atoms in total. The number of benzene rings is 1. The monoisotopic (exact) mass is 682 g/mol. The number of aliphatic hydroxyl groups excluding tert-OH is 2. The molecule has 3 rings (SSSR count). The van der Waals surface area contributed by atoms with Crippen LogP contribution in [0.15, 0.2) is 70.5 Å². The van der Waals surface area contributed by atoms with Crippen molar-refractivity contribution in [2.45, 2.75) is 98.8 Å². The first-order chi connectivity index (χ1) is 22.9. The van der Waals surface area contributed by atoms with Crippen molar-refractivity contribution < 1.29 is 57.9 Å². The maximum Gasteiger partial charge on any atom is 0.331 e. The molecule has 0 unspecified atom stereocenters. The van der Waals surface area contributed by atoms with Gasteiger partial charge in [0.15, 0.2) is 11.9 Å². The summed E-state index contributed by atoms with van der Waals surface area (Å²) in [6.45, 7) is 11.2. The lowest BCUT2D eigenvalue weighted by Crippen LogP contribution is -2.48. The van der Waals surface area contributed by atoms with Crippen LogP contribution in [0.3, 0.4) is 0 Å². The maximum atomic E-state index is 13.2. The van der Waals surface area contributed by atoms with Crippen LogP contribution in [0.5, 0.6) is 0 Å². The van der Waals surface area contributed by atoms with Crippen molar-refractivity contribution in [1.29, 1.82) is 0 Å². The van der Waals surface area contributed by atoms with Crippen LogP contribution in [0.2, 0.25) is 0 Å². The Morgan fingerprint density at radius 3 is 2.02 bits per heavy atom. The van der Waals surface area contributed by atoms with E-state index in [9.17, 15) is 34.2 Å². The molecule has 0 saturated heterocycles. The van der Waals surface area contributed by atoms with E-state index in [4.69, 9.17) is 23.7 Å². The Hall–Kier alpha value is -4.55. The summed E-state index contributed by atoms with van der Waals surface area (Å²) < 4.78 is 28.3. The van der Waals surface area contributed by atoms with Crippen LogP contribution < -0.4 is 0 Å². The summed E-state index contributed by atoms with van der Waals surface area (Å²) in [5, 5.41) is 23.6. The van der Waals surface area contributed by atoms with Gasteiger partial charge < -0.3 is 33.9 Å². The number of aliphatic hydroxyl groups is 2. The standard InChI is InChI=1S/C37H46O12/c1-20-29(42)18-32(49-33(44)15-14-26-12-10-9-11-13-26)27(19-45-22(3)38)16-30(43)28-17-31(46-23(4)39)21(2)34(37(28,7)8)36(48-25(6)41)35(20)47-24(5)40/h9-16,28-32,36,42-43H,17-19H2,1-8H3/b15-14+,27-16+,35-20-/t28-,29+,30+,31+,32+,36-/m1/s1. The second kappa shape index (κ2) is 16.7. The fourth-order valence-corrected chi connectivity index (χ4v) is 6.43. The first kappa shape index (κ1) is 38.9. The van der Waals surface area contributed by atoms with Crippen LogP contribution in [0.4, 0.5) is 0 Å². The zero-order valence-corrected chi connectivity index (χ0v) is 29.2. The number of fused-ring (bicyclic) bond motifs is 2. The van der Waals surface area contributed by atoms with Gasteiger partial charge in [0.1, 0.15) is 18.8 Å². The van der Waals surface area contributed by atoms with Gasteiger partial charge in [0.2, 0.25) is 0 Å². The van der Waals surface area contributed by atoms with E-state index < -0.39 is 78.3 Å². The summed E-state index contributed by atoms with van der Waals surface area (Å²) in [4.78, 5) is 62.5. The van der Waals surface area contributed by atoms with Gasteiger partial charge in [0.25, 0.3) is 0 Å². The van der Waals surface area contributed by atoms with Crippen LogP contribution >= 0.6 is 0 Å². The number of carbonyl (C=O) groups is 5. The van der Waals surface area contributed by atoms with Gasteiger partial charge >= 0.3 is 29.8 Å². The number of ether oxygens (including phenoxy) is 5. The molecule has 0 radical (unpaired) electrons. The zero-order chi connectivity index (χ0) is 36.6. The van der Waals surface area contributed by atoms with Crippen LogP contribution in [0, 0.1) is 11.3 Å². The zero-order valence-electron chi connectivity index (χ0n) is 29.2. The molecule has 2 bridgehead atoms. The third-order valence-electron chi connectivity index (χ3n) is 8.79. The van der Waals surface area contributed by atoms with Crippen molar-refractivity contribution in [2.24, 2.45) is 11.3 Å². The van der Waals surface area contributed by atoms with Gasteiger partial charge in [-0.05, 0) is 60.1 Å². The molecule has 0 saturated carbocycles. The molecule has 266 valence electrons. The van der Waals surface area contributed by atoms with E-state index in [1.807, 2.05) is 6.07 Å². The van der Waals surface area contributed by atoms with Crippen molar-refractivity contribution in [3.63, 3.8) is 0 Å². The van der Waals surface area contributed by atoms with E-state index in [2.05, 4.69) is 0 Å².